The summed E-state index contributed by atoms with van der Waals surface area (Å²) in [5, 5.41) is 4.25. The smallest absolute Gasteiger partial charge is 0.163 e. The molecule has 0 aliphatic heterocycles. The lowest BCUT2D eigenvalue weighted by molar-refractivity contribution is 0.0592. The molecule has 0 radical (unpaired) electrons. The van der Waals surface area contributed by atoms with Crippen LogP contribution in [-0.4, -0.2) is 25.1 Å². The van der Waals surface area contributed by atoms with Gasteiger partial charge in [0.25, 0.3) is 0 Å². The zero-order valence-electron chi connectivity index (χ0n) is 17.3. The maximum Gasteiger partial charge on any atom is 0.163 e. The average Bonchev–Trinajstić information content (AvgIpc) is 2.63. The highest BCUT2D eigenvalue weighted by Gasteiger charge is 2.53. The van der Waals surface area contributed by atoms with Gasteiger partial charge in [0, 0.05) is 23.6 Å². The highest BCUT2D eigenvalue weighted by molar-refractivity contribution is 6.00. The van der Waals surface area contributed by atoms with Gasteiger partial charge in [0.15, 0.2) is 5.78 Å². The van der Waals surface area contributed by atoms with Crippen molar-refractivity contribution in [2.75, 3.05) is 13.2 Å². The van der Waals surface area contributed by atoms with Crippen molar-refractivity contribution in [1.82, 2.24) is 0 Å². The fraction of sp³-hybridized carbons (Fsp3) is 0.652. The largest absolute Gasteiger partial charge is 0.396 e. The molecule has 4 heteroatoms. The summed E-state index contributed by atoms with van der Waals surface area (Å²) in [5.74, 6) is 0.967. The molecule has 0 bridgehead atoms. The van der Waals surface area contributed by atoms with E-state index in [1.165, 1.54) is 11.1 Å². The van der Waals surface area contributed by atoms with Crippen LogP contribution in [-0.2, 0) is 10.3 Å². The van der Waals surface area contributed by atoms with Crippen molar-refractivity contribution in [1.29, 1.82) is 0 Å². The van der Waals surface area contributed by atoms with Crippen LogP contribution in [0, 0.1) is 11.3 Å². The fourth-order valence-corrected chi connectivity index (χ4v) is 5.15. The molecule has 2 aliphatic carbocycles. The first-order chi connectivity index (χ1) is 12.8. The number of nitrogens with two attached hydrogens (primary N) is 1. The summed E-state index contributed by atoms with van der Waals surface area (Å²) in [4.78, 5) is 18.5. The van der Waals surface area contributed by atoms with Crippen LogP contribution in [0.5, 0.6) is 0 Å². The Morgan fingerprint density at radius 3 is 2.81 bits per heavy atom. The second kappa shape index (κ2) is 7.75. The van der Waals surface area contributed by atoms with Crippen LogP contribution in [0.3, 0.4) is 0 Å². The van der Waals surface area contributed by atoms with Crippen LogP contribution < -0.4 is 5.73 Å². The molecule has 2 aliphatic rings. The molecule has 1 unspecified atom stereocenters. The van der Waals surface area contributed by atoms with Gasteiger partial charge in [0.1, 0.15) is 6.61 Å². The van der Waals surface area contributed by atoms with Crippen LogP contribution in [0.15, 0.2) is 23.4 Å². The van der Waals surface area contributed by atoms with E-state index < -0.39 is 0 Å². The molecule has 1 aromatic rings. The molecular weight excluding hydrogens is 336 g/mol. The molecule has 3 atom stereocenters. The van der Waals surface area contributed by atoms with E-state index in [9.17, 15) is 4.79 Å². The molecule has 0 heterocycles. The molecule has 148 valence electrons. The minimum absolute atomic E-state index is 0.00896. The van der Waals surface area contributed by atoms with E-state index in [-0.39, 0.29) is 22.5 Å². The second-order valence-electron chi connectivity index (χ2n) is 9.13. The number of hydrogen-bond donors (Lipinski definition) is 1. The summed E-state index contributed by atoms with van der Waals surface area (Å²) in [6.07, 6.45) is 6.67. The lowest BCUT2D eigenvalue weighted by atomic mass is 9.50. The molecular formula is C23H34N2O2. The number of carbonyl (C=O) groups is 1. The Morgan fingerprint density at radius 2 is 2.11 bits per heavy atom. The van der Waals surface area contributed by atoms with Gasteiger partial charge in [-0.15, -0.1) is 0 Å². The summed E-state index contributed by atoms with van der Waals surface area (Å²) in [6, 6.07) is 6.56. The number of rotatable bonds is 6. The van der Waals surface area contributed by atoms with Crippen molar-refractivity contribution in [3.8, 4) is 0 Å². The van der Waals surface area contributed by atoms with E-state index in [2.05, 4.69) is 51.0 Å². The first-order valence-electron chi connectivity index (χ1n) is 10.4. The SMILES string of the molecule is CC(C)c1ccc2c(c1)C(=O)CC1[C@@](C)(C=NOCCCN)CCC[C@]21C. The Bertz CT molecular complexity index is 727. The van der Waals surface area contributed by atoms with E-state index in [1.807, 2.05) is 6.21 Å². The third-order valence-corrected chi connectivity index (χ3v) is 6.85. The highest BCUT2D eigenvalue weighted by Crippen LogP contribution is 2.56. The quantitative estimate of drug-likeness (QED) is 0.444. The Labute approximate surface area is 163 Å². The maximum absolute atomic E-state index is 13.1. The van der Waals surface area contributed by atoms with E-state index in [4.69, 9.17) is 10.6 Å². The Morgan fingerprint density at radius 1 is 1.33 bits per heavy atom. The van der Waals surface area contributed by atoms with Crippen LogP contribution in [0.1, 0.15) is 87.2 Å². The minimum Gasteiger partial charge on any atom is -0.396 e. The van der Waals surface area contributed by atoms with Gasteiger partial charge in [-0.3, -0.25) is 4.79 Å². The molecule has 27 heavy (non-hydrogen) atoms. The monoisotopic (exact) mass is 370 g/mol. The van der Waals surface area contributed by atoms with Crippen LogP contribution in [0.25, 0.3) is 0 Å². The molecule has 1 fully saturated rings. The Balaban J connectivity index is 1.93. The number of benzene rings is 1. The summed E-state index contributed by atoms with van der Waals surface area (Å²) >= 11 is 0. The summed E-state index contributed by atoms with van der Waals surface area (Å²) < 4.78 is 0. The topological polar surface area (TPSA) is 64.7 Å². The highest BCUT2D eigenvalue weighted by atomic mass is 16.6. The normalized spacial score (nSPS) is 30.4. The number of hydrogen-bond acceptors (Lipinski definition) is 4. The Kier molecular flexibility index (Phi) is 5.76. The van der Waals surface area contributed by atoms with Gasteiger partial charge >= 0.3 is 0 Å². The Hall–Kier alpha value is -1.68. The van der Waals surface area contributed by atoms with Crippen LogP contribution in [0.2, 0.25) is 0 Å². The zero-order chi connectivity index (χ0) is 19.7. The van der Waals surface area contributed by atoms with E-state index in [0.29, 0.717) is 25.5 Å². The average molecular weight is 371 g/mol. The third kappa shape index (κ3) is 3.69. The van der Waals surface area contributed by atoms with Gasteiger partial charge in [-0.25, -0.2) is 0 Å². The van der Waals surface area contributed by atoms with E-state index >= 15 is 0 Å². The molecule has 0 spiro atoms. The van der Waals surface area contributed by atoms with Gasteiger partial charge in [-0.05, 0) is 60.3 Å². The first-order valence-corrected chi connectivity index (χ1v) is 10.4. The van der Waals surface area contributed by atoms with Crippen molar-refractivity contribution in [3.05, 3.63) is 34.9 Å². The van der Waals surface area contributed by atoms with Gasteiger partial charge in [-0.1, -0.05) is 51.4 Å². The second-order valence-corrected chi connectivity index (χ2v) is 9.13. The molecule has 0 amide bonds. The van der Waals surface area contributed by atoms with Gasteiger partial charge in [-0.2, -0.15) is 0 Å². The predicted molar refractivity (Wildman–Crippen MR) is 110 cm³/mol. The standard InChI is InChI=1S/C23H34N2O2/c1-16(2)17-7-8-19-18(13-17)20(26)14-21-22(3,9-5-10-23(19,21)4)15-25-27-12-6-11-24/h7-8,13,15-16,21H,5-6,9-12,14,24H2,1-4H3/t21?,22-,23-/m1/s1. The molecule has 1 saturated carbocycles. The summed E-state index contributed by atoms with van der Waals surface area (Å²) in [5.41, 5.74) is 8.81. The number of Topliss-reactive ketones (excluding diaryl/α,β-unsaturated/α-hetero) is 1. The zero-order valence-corrected chi connectivity index (χ0v) is 17.3. The molecule has 2 N–H and O–H groups in total. The number of ketones is 1. The number of nitrogens with zero attached hydrogens (tertiary/aromatic N) is 1. The number of oxime groups is 1. The van der Waals surface area contributed by atoms with Crippen molar-refractivity contribution in [2.24, 2.45) is 22.2 Å². The van der Waals surface area contributed by atoms with Gasteiger partial charge in [0.05, 0.1) is 0 Å². The van der Waals surface area contributed by atoms with Crippen molar-refractivity contribution in [3.63, 3.8) is 0 Å². The van der Waals surface area contributed by atoms with E-state index in [0.717, 1.165) is 31.2 Å². The first kappa shape index (κ1) is 20.1. The van der Waals surface area contributed by atoms with Gasteiger partial charge < -0.3 is 10.6 Å². The molecule has 1 aromatic carbocycles. The van der Waals surface area contributed by atoms with Crippen molar-refractivity contribution >= 4 is 12.0 Å². The summed E-state index contributed by atoms with van der Waals surface area (Å²) in [7, 11) is 0. The molecule has 0 saturated heterocycles. The van der Waals surface area contributed by atoms with Crippen LogP contribution in [0.4, 0.5) is 0 Å². The van der Waals surface area contributed by atoms with Crippen molar-refractivity contribution in [2.45, 2.75) is 71.1 Å². The fourth-order valence-electron chi connectivity index (χ4n) is 5.15. The van der Waals surface area contributed by atoms with Crippen molar-refractivity contribution < 1.29 is 9.63 Å². The predicted octanol–water partition coefficient (Wildman–Crippen LogP) is 4.81. The van der Waals surface area contributed by atoms with Gasteiger partial charge in [0.2, 0.25) is 0 Å². The number of fused-ring (bicyclic) bond motifs is 3. The van der Waals surface area contributed by atoms with E-state index in [1.54, 1.807) is 0 Å². The molecule has 4 nitrogen and oxygen atoms in total. The summed E-state index contributed by atoms with van der Waals surface area (Å²) in [6.45, 7) is 10.1. The lowest BCUT2D eigenvalue weighted by Crippen LogP contribution is -2.51. The lowest BCUT2D eigenvalue weighted by Gasteiger charge is -2.53. The minimum atomic E-state index is -0.125. The third-order valence-electron chi connectivity index (χ3n) is 6.85. The number of carbonyl (C=O) groups excluding carboxylic acids is 1. The molecule has 0 aromatic heterocycles. The molecule has 3 rings (SSSR count). The van der Waals surface area contributed by atoms with Crippen LogP contribution >= 0.6 is 0 Å². The maximum atomic E-state index is 13.1.